The van der Waals surface area contributed by atoms with Crippen molar-refractivity contribution >= 4 is 5.78 Å². The first-order chi connectivity index (χ1) is 6.69. The van der Waals surface area contributed by atoms with Gasteiger partial charge in [0.25, 0.3) is 0 Å². The number of halogens is 1. The lowest BCUT2D eigenvalue weighted by atomic mass is 9.95. The number of carbonyl (C=O) groups is 1. The molecule has 0 radical (unpaired) electrons. The molecule has 0 bridgehead atoms. The van der Waals surface area contributed by atoms with Gasteiger partial charge in [-0.3, -0.25) is 9.78 Å². The van der Waals surface area contributed by atoms with Crippen LogP contribution in [0, 0.1) is 5.82 Å². The van der Waals surface area contributed by atoms with Gasteiger partial charge in [-0.05, 0) is 18.6 Å². The summed E-state index contributed by atoms with van der Waals surface area (Å²) < 4.78 is 12.6. The molecule has 1 rings (SSSR count). The Hall–Kier alpha value is -1.25. The summed E-state index contributed by atoms with van der Waals surface area (Å²) in [7, 11) is 0. The molecule has 14 heavy (non-hydrogen) atoms. The second-order valence-corrected chi connectivity index (χ2v) is 3.18. The Labute approximate surface area is 83.2 Å². The SMILES string of the molecule is CCC(=O)C(CC)c1ccc(F)cn1. The molecule has 3 heteroatoms. The molecule has 0 saturated carbocycles. The number of hydrogen-bond donors (Lipinski definition) is 0. The molecule has 1 heterocycles. The van der Waals surface area contributed by atoms with E-state index in [0.717, 1.165) is 6.20 Å². The molecule has 0 aliphatic heterocycles. The lowest BCUT2D eigenvalue weighted by molar-refractivity contribution is -0.120. The van der Waals surface area contributed by atoms with Gasteiger partial charge in [0.05, 0.1) is 17.8 Å². The first kappa shape index (κ1) is 10.8. The van der Waals surface area contributed by atoms with Crippen LogP contribution in [0.4, 0.5) is 4.39 Å². The molecule has 76 valence electrons. The molecule has 0 aromatic carbocycles. The predicted octanol–water partition coefficient (Wildman–Crippen LogP) is 2.69. The maximum Gasteiger partial charge on any atom is 0.141 e. The Balaban J connectivity index is 2.89. The molecule has 1 atom stereocenters. The fourth-order valence-corrected chi connectivity index (χ4v) is 1.44. The van der Waals surface area contributed by atoms with Crippen LogP contribution < -0.4 is 0 Å². The maximum absolute atomic E-state index is 12.6. The molecule has 0 saturated heterocycles. The van der Waals surface area contributed by atoms with E-state index in [9.17, 15) is 9.18 Å². The molecule has 0 spiro atoms. The summed E-state index contributed by atoms with van der Waals surface area (Å²) in [5, 5.41) is 0. The van der Waals surface area contributed by atoms with Crippen LogP contribution in [0.2, 0.25) is 0 Å². The summed E-state index contributed by atoms with van der Waals surface area (Å²) in [6.45, 7) is 3.76. The molecule has 0 aliphatic rings. The summed E-state index contributed by atoms with van der Waals surface area (Å²) in [5.41, 5.74) is 0.667. The average Bonchev–Trinajstić information content (AvgIpc) is 2.21. The monoisotopic (exact) mass is 195 g/mol. The quantitative estimate of drug-likeness (QED) is 0.739. The van der Waals surface area contributed by atoms with Crippen molar-refractivity contribution in [3.8, 4) is 0 Å². The number of hydrogen-bond acceptors (Lipinski definition) is 2. The van der Waals surface area contributed by atoms with E-state index in [0.29, 0.717) is 18.5 Å². The van der Waals surface area contributed by atoms with Crippen molar-refractivity contribution in [2.45, 2.75) is 32.6 Å². The zero-order valence-corrected chi connectivity index (χ0v) is 8.46. The largest absolute Gasteiger partial charge is 0.299 e. The zero-order valence-electron chi connectivity index (χ0n) is 8.46. The highest BCUT2D eigenvalue weighted by Gasteiger charge is 2.17. The second-order valence-electron chi connectivity index (χ2n) is 3.18. The Morgan fingerprint density at radius 2 is 2.21 bits per heavy atom. The van der Waals surface area contributed by atoms with Crippen molar-refractivity contribution in [2.75, 3.05) is 0 Å². The van der Waals surface area contributed by atoms with Gasteiger partial charge < -0.3 is 0 Å². The molecule has 0 N–H and O–H groups in total. The molecule has 0 fully saturated rings. The molecular formula is C11H14FNO. The van der Waals surface area contributed by atoms with Gasteiger partial charge in [-0.2, -0.15) is 0 Å². The molecule has 0 amide bonds. The topological polar surface area (TPSA) is 30.0 Å². The summed E-state index contributed by atoms with van der Waals surface area (Å²) in [4.78, 5) is 15.4. The Morgan fingerprint density at radius 3 is 2.64 bits per heavy atom. The molecule has 0 aliphatic carbocycles. The molecule has 1 aromatic rings. The third-order valence-corrected chi connectivity index (χ3v) is 2.25. The average molecular weight is 195 g/mol. The number of nitrogens with zero attached hydrogens (tertiary/aromatic N) is 1. The highest BCUT2D eigenvalue weighted by atomic mass is 19.1. The lowest BCUT2D eigenvalue weighted by Gasteiger charge is -2.11. The van der Waals surface area contributed by atoms with E-state index in [2.05, 4.69) is 4.98 Å². The van der Waals surface area contributed by atoms with E-state index in [1.165, 1.54) is 6.07 Å². The van der Waals surface area contributed by atoms with Gasteiger partial charge in [0.1, 0.15) is 11.6 Å². The number of rotatable bonds is 4. The summed E-state index contributed by atoms with van der Waals surface area (Å²) in [6.07, 6.45) is 2.36. The van der Waals surface area contributed by atoms with Gasteiger partial charge >= 0.3 is 0 Å². The number of aromatic nitrogens is 1. The Kier molecular flexibility index (Phi) is 3.74. The normalized spacial score (nSPS) is 12.5. The molecule has 1 unspecified atom stereocenters. The second kappa shape index (κ2) is 4.84. The van der Waals surface area contributed by atoms with Crippen LogP contribution in [-0.2, 0) is 4.79 Å². The van der Waals surface area contributed by atoms with Crippen molar-refractivity contribution in [2.24, 2.45) is 0 Å². The van der Waals surface area contributed by atoms with Crippen LogP contribution in [0.5, 0.6) is 0 Å². The first-order valence-corrected chi connectivity index (χ1v) is 4.83. The lowest BCUT2D eigenvalue weighted by Crippen LogP contribution is -2.11. The number of Topliss-reactive ketones (excluding diaryl/α,β-unsaturated/α-hetero) is 1. The van der Waals surface area contributed by atoms with Crippen LogP contribution in [0.25, 0.3) is 0 Å². The van der Waals surface area contributed by atoms with Crippen LogP contribution in [-0.4, -0.2) is 10.8 Å². The van der Waals surface area contributed by atoms with E-state index < -0.39 is 0 Å². The van der Waals surface area contributed by atoms with Crippen molar-refractivity contribution < 1.29 is 9.18 Å². The van der Waals surface area contributed by atoms with E-state index >= 15 is 0 Å². The van der Waals surface area contributed by atoms with Crippen molar-refractivity contribution in [1.82, 2.24) is 4.98 Å². The minimum atomic E-state index is -0.368. The standard InChI is InChI=1S/C11H14FNO/c1-3-9(11(14)4-2)10-6-5-8(12)7-13-10/h5-7,9H,3-4H2,1-2H3. The third kappa shape index (κ3) is 2.37. The van der Waals surface area contributed by atoms with Crippen LogP contribution >= 0.6 is 0 Å². The number of pyridine rings is 1. The number of carbonyl (C=O) groups excluding carboxylic acids is 1. The smallest absolute Gasteiger partial charge is 0.141 e. The maximum atomic E-state index is 12.6. The molecule has 1 aromatic heterocycles. The van der Waals surface area contributed by atoms with E-state index in [1.54, 1.807) is 6.07 Å². The summed E-state index contributed by atoms with van der Waals surface area (Å²) in [5.74, 6) is -0.389. The van der Waals surface area contributed by atoms with Crippen LogP contribution in [0.3, 0.4) is 0 Å². The summed E-state index contributed by atoms with van der Waals surface area (Å²) >= 11 is 0. The third-order valence-electron chi connectivity index (χ3n) is 2.25. The van der Waals surface area contributed by atoms with Gasteiger partial charge in [-0.1, -0.05) is 13.8 Å². The fraction of sp³-hybridized carbons (Fsp3) is 0.455. The van der Waals surface area contributed by atoms with E-state index in [1.807, 2.05) is 13.8 Å². The van der Waals surface area contributed by atoms with Crippen LogP contribution in [0.1, 0.15) is 38.3 Å². The van der Waals surface area contributed by atoms with Gasteiger partial charge in [-0.15, -0.1) is 0 Å². The van der Waals surface area contributed by atoms with Crippen molar-refractivity contribution in [3.63, 3.8) is 0 Å². The zero-order chi connectivity index (χ0) is 10.6. The Morgan fingerprint density at radius 1 is 1.50 bits per heavy atom. The van der Waals surface area contributed by atoms with Gasteiger partial charge in [-0.25, -0.2) is 4.39 Å². The van der Waals surface area contributed by atoms with E-state index in [-0.39, 0.29) is 17.5 Å². The Bertz CT molecular complexity index is 308. The number of ketones is 1. The van der Waals surface area contributed by atoms with Crippen molar-refractivity contribution in [1.29, 1.82) is 0 Å². The van der Waals surface area contributed by atoms with Gasteiger partial charge in [0.15, 0.2) is 0 Å². The fourth-order valence-electron chi connectivity index (χ4n) is 1.44. The van der Waals surface area contributed by atoms with Crippen LogP contribution in [0.15, 0.2) is 18.3 Å². The minimum absolute atomic E-state index is 0.159. The van der Waals surface area contributed by atoms with Gasteiger partial charge in [0.2, 0.25) is 0 Å². The molecule has 2 nitrogen and oxygen atoms in total. The van der Waals surface area contributed by atoms with Crippen molar-refractivity contribution in [3.05, 3.63) is 29.8 Å². The minimum Gasteiger partial charge on any atom is -0.299 e. The first-order valence-electron chi connectivity index (χ1n) is 4.83. The highest BCUT2D eigenvalue weighted by Crippen LogP contribution is 2.19. The van der Waals surface area contributed by atoms with E-state index in [4.69, 9.17) is 0 Å². The summed E-state index contributed by atoms with van der Waals surface area (Å²) in [6, 6.07) is 2.92. The molecular weight excluding hydrogens is 181 g/mol. The van der Waals surface area contributed by atoms with Gasteiger partial charge in [0, 0.05) is 6.42 Å². The predicted molar refractivity (Wildman–Crippen MR) is 52.5 cm³/mol. The highest BCUT2D eigenvalue weighted by molar-refractivity contribution is 5.84.